The second-order valence-corrected chi connectivity index (χ2v) is 5.23. The topological polar surface area (TPSA) is 63.6 Å². The molecule has 0 fully saturated rings. The number of benzene rings is 1. The molecule has 0 aliphatic heterocycles. The first kappa shape index (κ1) is 19.5. The molecule has 0 radical (unpaired) electrons. The first-order valence-corrected chi connectivity index (χ1v) is 7.08. The smallest absolute Gasteiger partial charge is 1.00 e. The maximum atomic E-state index is 11.6. The van der Waals surface area contributed by atoms with Crippen molar-refractivity contribution >= 4 is 28.6 Å². The molecule has 7 heteroatoms. The summed E-state index contributed by atoms with van der Waals surface area (Å²) in [6, 6.07) is 5.83. The van der Waals surface area contributed by atoms with Gasteiger partial charge < -0.3 is 16.0 Å². The van der Waals surface area contributed by atoms with Crippen LogP contribution in [0.25, 0.3) is 10.9 Å². The molecule has 0 saturated heterocycles. The zero-order chi connectivity index (χ0) is 16.3. The van der Waals surface area contributed by atoms with Crippen molar-refractivity contribution < 1.29 is 45.3 Å². The summed E-state index contributed by atoms with van der Waals surface area (Å²) < 4.78 is 6.78. The van der Waals surface area contributed by atoms with Crippen LogP contribution in [0.15, 0.2) is 24.4 Å². The number of hydrogen-bond donors (Lipinski definition) is 1. The van der Waals surface area contributed by atoms with Crippen LogP contribution >= 0.6 is 0 Å². The van der Waals surface area contributed by atoms with E-state index in [1.807, 2.05) is 29.8 Å². The number of amides is 2. The quantitative estimate of drug-likeness (QED) is 0.746. The van der Waals surface area contributed by atoms with Gasteiger partial charge in [-0.15, -0.1) is 0 Å². The number of hydrogen-bond acceptors (Lipinski definition) is 3. The van der Waals surface area contributed by atoms with Gasteiger partial charge in [0.15, 0.2) is 0 Å². The Morgan fingerprint density at radius 3 is 2.70 bits per heavy atom. The second kappa shape index (κ2) is 8.38. The maximum absolute atomic E-state index is 11.6. The minimum atomic E-state index is -0.407. The molecule has 0 spiro atoms. The predicted molar refractivity (Wildman–Crippen MR) is 87.2 cm³/mol. The molecule has 120 valence electrons. The van der Waals surface area contributed by atoms with E-state index in [1.165, 1.54) is 18.9 Å². The molecule has 6 nitrogen and oxygen atoms in total. The zero-order valence-corrected chi connectivity index (χ0v) is 16.3. The summed E-state index contributed by atoms with van der Waals surface area (Å²) in [6.07, 6.45) is 2.38. The Morgan fingerprint density at radius 2 is 2.09 bits per heavy atom. The van der Waals surface area contributed by atoms with Crippen LogP contribution in [0, 0.1) is 0 Å². The number of carbonyl (C=O) groups excluding carboxylic acids is 2. The molecular weight excluding hydrogens is 305 g/mol. The Kier molecular flexibility index (Phi) is 7.12. The van der Waals surface area contributed by atoms with Gasteiger partial charge in [-0.25, -0.2) is 4.79 Å². The van der Waals surface area contributed by atoms with Gasteiger partial charge >= 0.3 is 35.7 Å². The molecule has 2 aromatic rings. The molecule has 0 atom stereocenters. The number of nitrogens with zero attached hydrogens (tertiary/aromatic N) is 2. The number of carbonyl (C=O) groups is 2. The Morgan fingerprint density at radius 1 is 1.39 bits per heavy atom. The third kappa shape index (κ3) is 4.50. The number of anilines is 1. The Hall–Kier alpha value is -1.50. The molecule has 1 N–H and O–H groups in total. The summed E-state index contributed by atoms with van der Waals surface area (Å²) in [5, 5.41) is 3.87. The van der Waals surface area contributed by atoms with Gasteiger partial charge in [0.25, 0.3) is 0 Å². The number of nitrogens with one attached hydrogen (secondary N) is 1. The van der Waals surface area contributed by atoms with Crippen LogP contribution in [0.1, 0.15) is 13.9 Å². The van der Waals surface area contributed by atoms with Crippen molar-refractivity contribution in [3.8, 4) is 0 Å². The van der Waals surface area contributed by atoms with Crippen molar-refractivity contribution in [2.24, 2.45) is 7.05 Å². The average molecular weight is 327 g/mol. The maximum Gasteiger partial charge on any atom is 1.00 e. The molecule has 2 rings (SSSR count). The van der Waals surface area contributed by atoms with Gasteiger partial charge in [-0.2, -0.15) is 0 Å². The third-order valence-corrected chi connectivity index (χ3v) is 3.66. The fraction of sp³-hybridized carbons (Fsp3) is 0.375. The monoisotopic (exact) mass is 327 g/mol. The van der Waals surface area contributed by atoms with Crippen molar-refractivity contribution in [2.75, 3.05) is 25.6 Å². The Labute approximate surface area is 159 Å². The minimum absolute atomic E-state index is 0. The molecule has 1 heterocycles. The van der Waals surface area contributed by atoms with Crippen LogP contribution in [-0.4, -0.2) is 37.3 Å². The van der Waals surface area contributed by atoms with E-state index in [0.717, 1.165) is 28.6 Å². The van der Waals surface area contributed by atoms with Crippen LogP contribution in [0.5, 0.6) is 0 Å². The van der Waals surface area contributed by atoms with Gasteiger partial charge in [-0.3, -0.25) is 9.69 Å². The molecule has 1 aromatic heterocycles. The molecule has 0 aliphatic carbocycles. The summed E-state index contributed by atoms with van der Waals surface area (Å²) in [6.45, 7) is 2.10. The van der Waals surface area contributed by atoms with Crippen LogP contribution in [0.3, 0.4) is 0 Å². The van der Waals surface area contributed by atoms with Gasteiger partial charge in [0.1, 0.15) is 0 Å². The molecule has 2 amide bonds. The van der Waals surface area contributed by atoms with E-state index >= 15 is 0 Å². The minimum Gasteiger partial charge on any atom is -1.00 e. The first-order valence-electron chi connectivity index (χ1n) is 7.08. The van der Waals surface area contributed by atoms with Gasteiger partial charge in [0.2, 0.25) is 5.91 Å². The van der Waals surface area contributed by atoms with Crippen molar-refractivity contribution in [2.45, 2.75) is 13.3 Å². The molecular formula is C16H22N3NaO3. The van der Waals surface area contributed by atoms with Crippen molar-refractivity contribution in [1.82, 2.24) is 9.88 Å². The number of aryl methyl sites for hydroxylation is 1. The largest absolute Gasteiger partial charge is 1.00 e. The van der Waals surface area contributed by atoms with Crippen LogP contribution in [0.2, 0.25) is 0 Å². The summed E-state index contributed by atoms with van der Waals surface area (Å²) in [7, 11) is 5.01. The fourth-order valence-electron chi connectivity index (χ4n) is 2.49. The van der Waals surface area contributed by atoms with E-state index in [-0.39, 0.29) is 36.9 Å². The summed E-state index contributed by atoms with van der Waals surface area (Å²) >= 11 is 0. The number of aromatic nitrogens is 1. The molecule has 23 heavy (non-hydrogen) atoms. The summed E-state index contributed by atoms with van der Waals surface area (Å²) in [4.78, 5) is 24.1. The van der Waals surface area contributed by atoms with Gasteiger partial charge in [-0.1, -0.05) is 0 Å². The van der Waals surface area contributed by atoms with E-state index in [2.05, 4.69) is 11.5 Å². The molecule has 1 aromatic carbocycles. The first-order chi connectivity index (χ1) is 10.4. The molecule has 0 saturated carbocycles. The van der Waals surface area contributed by atoms with Crippen molar-refractivity contribution in [3.63, 3.8) is 0 Å². The normalized spacial score (nSPS) is 10.1. The van der Waals surface area contributed by atoms with E-state index in [9.17, 15) is 9.59 Å². The van der Waals surface area contributed by atoms with Gasteiger partial charge in [0.05, 0.1) is 7.11 Å². The van der Waals surface area contributed by atoms with E-state index < -0.39 is 6.09 Å². The van der Waals surface area contributed by atoms with Gasteiger partial charge in [-0.05, 0) is 30.2 Å². The number of fused-ring (bicyclic) bond motifs is 1. The van der Waals surface area contributed by atoms with Crippen LogP contribution < -0.4 is 39.8 Å². The van der Waals surface area contributed by atoms with Crippen molar-refractivity contribution in [3.05, 3.63) is 30.0 Å². The van der Waals surface area contributed by atoms with Crippen LogP contribution in [-0.2, 0) is 23.0 Å². The summed E-state index contributed by atoms with van der Waals surface area (Å²) in [5.41, 5.74) is 2.98. The molecule has 0 bridgehead atoms. The SMILES string of the molecule is COC(=O)N(C)c1ccc2c(c1)c(CCNC(C)=O)cn2C.[H-].[Na+]. The fourth-order valence-corrected chi connectivity index (χ4v) is 2.49. The predicted octanol–water partition coefficient (Wildman–Crippen LogP) is -0.824. The standard InChI is InChI=1S/C16H21N3O3.Na.H/c1-11(20)17-8-7-12-10-18(2)15-6-5-13(9-14(12)15)19(3)16(21)22-4;;/h5-6,9-10H,7-8H2,1-4H3,(H,17,20);;/q;+1;-1. The second-order valence-electron chi connectivity index (χ2n) is 5.23. The van der Waals surface area contributed by atoms with E-state index in [4.69, 9.17) is 4.74 Å². The van der Waals surface area contributed by atoms with E-state index in [1.54, 1.807) is 7.05 Å². The number of ether oxygens (including phenoxy) is 1. The number of methoxy groups -OCH3 is 1. The van der Waals surface area contributed by atoms with Crippen LogP contribution in [0.4, 0.5) is 10.5 Å². The molecule has 0 aliphatic rings. The average Bonchev–Trinajstić information content (AvgIpc) is 2.81. The van der Waals surface area contributed by atoms with Crippen molar-refractivity contribution in [1.29, 1.82) is 0 Å². The Balaban J connectivity index is 0.00000264. The molecule has 0 unspecified atom stereocenters. The van der Waals surface area contributed by atoms with E-state index in [0.29, 0.717) is 6.54 Å². The third-order valence-electron chi connectivity index (χ3n) is 3.66. The Bertz CT molecular complexity index is 718. The number of rotatable bonds is 4. The zero-order valence-electron chi connectivity index (χ0n) is 15.3. The van der Waals surface area contributed by atoms with Gasteiger partial charge in [0, 0.05) is 50.4 Å². The summed E-state index contributed by atoms with van der Waals surface area (Å²) in [5.74, 6) is -0.0358.